The number of piperidine rings is 1. The van der Waals surface area contributed by atoms with Crippen LogP contribution in [0.1, 0.15) is 23.2 Å². The number of hydrogen-bond donors (Lipinski definition) is 2. The molecular formula is C22H24N4O3S. The minimum atomic E-state index is -3.45. The van der Waals surface area contributed by atoms with Gasteiger partial charge in [0, 0.05) is 25.2 Å². The average molecular weight is 425 g/mol. The lowest BCUT2D eigenvalue weighted by Crippen LogP contribution is -2.41. The van der Waals surface area contributed by atoms with Gasteiger partial charge < -0.3 is 5.32 Å². The van der Waals surface area contributed by atoms with Gasteiger partial charge in [-0.1, -0.05) is 48.5 Å². The van der Waals surface area contributed by atoms with Crippen LogP contribution in [0.15, 0.2) is 71.8 Å². The number of aromatic nitrogens is 2. The van der Waals surface area contributed by atoms with E-state index < -0.39 is 10.0 Å². The van der Waals surface area contributed by atoms with Crippen LogP contribution in [0, 0.1) is 5.92 Å². The third-order valence-corrected chi connectivity index (χ3v) is 7.37. The summed E-state index contributed by atoms with van der Waals surface area (Å²) < 4.78 is 27.0. The number of H-pyrrole nitrogens is 1. The van der Waals surface area contributed by atoms with Gasteiger partial charge in [-0.3, -0.25) is 9.89 Å². The predicted molar refractivity (Wildman–Crippen MR) is 114 cm³/mol. The van der Waals surface area contributed by atoms with Crippen LogP contribution in [-0.2, 0) is 10.0 Å². The lowest BCUT2D eigenvalue weighted by Gasteiger charge is -2.31. The van der Waals surface area contributed by atoms with E-state index >= 15 is 0 Å². The monoisotopic (exact) mass is 424 g/mol. The van der Waals surface area contributed by atoms with Crippen LogP contribution in [0.2, 0.25) is 0 Å². The fourth-order valence-electron chi connectivity index (χ4n) is 3.71. The Morgan fingerprint density at radius 3 is 2.33 bits per heavy atom. The predicted octanol–water partition coefficient (Wildman–Crippen LogP) is 2.91. The number of carbonyl (C=O) groups is 1. The van der Waals surface area contributed by atoms with Crippen molar-refractivity contribution in [2.45, 2.75) is 17.7 Å². The fraction of sp³-hybridized carbons (Fsp3) is 0.273. The highest BCUT2D eigenvalue weighted by atomic mass is 32.2. The Balaban J connectivity index is 1.33. The highest BCUT2D eigenvalue weighted by Gasteiger charge is 2.29. The molecule has 2 N–H and O–H groups in total. The summed E-state index contributed by atoms with van der Waals surface area (Å²) in [6.45, 7) is 1.43. The molecule has 1 aliphatic heterocycles. The van der Waals surface area contributed by atoms with Gasteiger partial charge in [0.1, 0.15) is 0 Å². The largest absolute Gasteiger partial charge is 0.352 e. The quantitative estimate of drug-likeness (QED) is 0.636. The molecule has 4 rings (SSSR count). The molecule has 30 heavy (non-hydrogen) atoms. The minimum absolute atomic E-state index is 0.179. The van der Waals surface area contributed by atoms with Crippen LogP contribution >= 0.6 is 0 Å². The number of nitrogens with one attached hydrogen (secondary N) is 2. The van der Waals surface area contributed by atoms with Crippen molar-refractivity contribution in [1.29, 1.82) is 0 Å². The Morgan fingerprint density at radius 1 is 1.03 bits per heavy atom. The van der Waals surface area contributed by atoms with Crippen LogP contribution in [0.4, 0.5) is 0 Å². The lowest BCUT2D eigenvalue weighted by molar-refractivity contribution is 0.0942. The van der Waals surface area contributed by atoms with Crippen LogP contribution < -0.4 is 5.32 Å². The maximum atomic E-state index is 12.7. The molecule has 7 nitrogen and oxygen atoms in total. The number of hydrogen-bond acceptors (Lipinski definition) is 4. The number of amides is 1. The lowest BCUT2D eigenvalue weighted by atomic mass is 9.98. The van der Waals surface area contributed by atoms with Crippen LogP contribution in [0.3, 0.4) is 0 Å². The van der Waals surface area contributed by atoms with E-state index in [4.69, 9.17) is 0 Å². The van der Waals surface area contributed by atoms with Gasteiger partial charge in [0.15, 0.2) is 0 Å². The topological polar surface area (TPSA) is 95.2 Å². The number of aromatic amines is 1. The summed E-state index contributed by atoms with van der Waals surface area (Å²) in [7, 11) is -3.45. The molecule has 0 bridgehead atoms. The molecule has 0 unspecified atom stereocenters. The summed E-state index contributed by atoms with van der Waals surface area (Å²) >= 11 is 0. The molecule has 0 spiro atoms. The van der Waals surface area contributed by atoms with Gasteiger partial charge in [0.25, 0.3) is 5.91 Å². The average Bonchev–Trinajstić information content (AvgIpc) is 3.29. The molecule has 0 radical (unpaired) electrons. The number of rotatable bonds is 6. The third kappa shape index (κ3) is 4.29. The van der Waals surface area contributed by atoms with Crippen LogP contribution in [-0.4, -0.2) is 48.5 Å². The summed E-state index contributed by atoms with van der Waals surface area (Å²) in [5, 5.41) is 9.90. The number of sulfonamides is 1. The van der Waals surface area contributed by atoms with E-state index in [1.165, 1.54) is 10.5 Å². The zero-order valence-corrected chi connectivity index (χ0v) is 17.3. The van der Waals surface area contributed by atoms with E-state index in [1.54, 1.807) is 30.3 Å². The third-order valence-electron chi connectivity index (χ3n) is 5.45. The van der Waals surface area contributed by atoms with Crippen molar-refractivity contribution < 1.29 is 13.2 Å². The van der Waals surface area contributed by atoms with Crippen molar-refractivity contribution in [3.63, 3.8) is 0 Å². The molecule has 0 aliphatic carbocycles. The molecule has 1 saturated heterocycles. The van der Waals surface area contributed by atoms with Crippen molar-refractivity contribution in [1.82, 2.24) is 19.8 Å². The number of carbonyl (C=O) groups excluding carboxylic acids is 1. The molecule has 1 aliphatic rings. The van der Waals surface area contributed by atoms with Gasteiger partial charge >= 0.3 is 0 Å². The zero-order valence-electron chi connectivity index (χ0n) is 16.5. The molecular weight excluding hydrogens is 400 g/mol. The number of nitrogens with zero attached hydrogens (tertiary/aromatic N) is 2. The van der Waals surface area contributed by atoms with E-state index in [0.29, 0.717) is 48.6 Å². The van der Waals surface area contributed by atoms with Crippen molar-refractivity contribution in [2.75, 3.05) is 19.6 Å². The molecule has 8 heteroatoms. The van der Waals surface area contributed by atoms with E-state index in [-0.39, 0.29) is 11.8 Å². The molecule has 1 amide bonds. The second kappa shape index (κ2) is 8.81. The van der Waals surface area contributed by atoms with Gasteiger partial charge in [0.2, 0.25) is 10.0 Å². The first kappa shape index (κ1) is 20.3. The SMILES string of the molecule is O=C(NCC1CCN(S(=O)(=O)c2ccccc2)CC1)c1cn[nH]c1-c1ccccc1. The summed E-state index contributed by atoms with van der Waals surface area (Å²) in [5.41, 5.74) is 2.10. The molecule has 156 valence electrons. The summed E-state index contributed by atoms with van der Waals surface area (Å²) in [6, 6.07) is 18.1. The second-order valence-corrected chi connectivity index (χ2v) is 9.33. The Hall–Kier alpha value is -2.97. The Labute approximate surface area is 176 Å². The summed E-state index contributed by atoms with van der Waals surface area (Å²) in [6.07, 6.45) is 2.96. The van der Waals surface area contributed by atoms with Crippen LogP contribution in [0.5, 0.6) is 0 Å². The Kier molecular flexibility index (Phi) is 5.96. The first-order valence-corrected chi connectivity index (χ1v) is 11.4. The first-order valence-electron chi connectivity index (χ1n) is 9.98. The Morgan fingerprint density at radius 2 is 1.67 bits per heavy atom. The van der Waals surface area contributed by atoms with E-state index in [1.807, 2.05) is 30.3 Å². The second-order valence-electron chi connectivity index (χ2n) is 7.40. The first-order chi connectivity index (χ1) is 14.6. The molecule has 1 fully saturated rings. The van der Waals surface area contributed by atoms with E-state index in [9.17, 15) is 13.2 Å². The highest BCUT2D eigenvalue weighted by Crippen LogP contribution is 2.24. The molecule has 2 heterocycles. The van der Waals surface area contributed by atoms with Crippen molar-refractivity contribution in [3.8, 4) is 11.3 Å². The van der Waals surface area contributed by atoms with Gasteiger partial charge in [-0.05, 0) is 30.9 Å². The molecule has 2 aromatic carbocycles. The van der Waals surface area contributed by atoms with E-state index in [0.717, 1.165) is 5.56 Å². The minimum Gasteiger partial charge on any atom is -0.352 e. The molecule has 0 saturated carbocycles. The fourth-order valence-corrected chi connectivity index (χ4v) is 5.20. The van der Waals surface area contributed by atoms with E-state index in [2.05, 4.69) is 15.5 Å². The highest BCUT2D eigenvalue weighted by molar-refractivity contribution is 7.89. The standard InChI is InChI=1S/C22H24N4O3S/c27-22(20-16-24-25-21(20)18-7-3-1-4-8-18)23-15-17-11-13-26(14-12-17)30(28,29)19-9-5-2-6-10-19/h1-10,16-17H,11-15H2,(H,23,27)(H,24,25). The molecule has 0 atom stereocenters. The van der Waals surface area contributed by atoms with Gasteiger partial charge in [0.05, 0.1) is 22.3 Å². The van der Waals surface area contributed by atoms with Crippen molar-refractivity contribution >= 4 is 15.9 Å². The maximum absolute atomic E-state index is 12.7. The smallest absolute Gasteiger partial charge is 0.255 e. The van der Waals surface area contributed by atoms with Gasteiger partial charge in [-0.15, -0.1) is 0 Å². The number of benzene rings is 2. The van der Waals surface area contributed by atoms with Gasteiger partial charge in [-0.2, -0.15) is 9.40 Å². The summed E-state index contributed by atoms with van der Waals surface area (Å²) in [4.78, 5) is 13.0. The zero-order chi connectivity index (χ0) is 21.0. The summed E-state index contributed by atoms with van der Waals surface area (Å²) in [5.74, 6) is 0.0604. The van der Waals surface area contributed by atoms with Crippen molar-refractivity contribution in [2.24, 2.45) is 5.92 Å². The maximum Gasteiger partial charge on any atom is 0.255 e. The van der Waals surface area contributed by atoms with Crippen molar-refractivity contribution in [3.05, 3.63) is 72.4 Å². The Bertz CT molecular complexity index is 1090. The molecule has 1 aromatic heterocycles. The normalized spacial score (nSPS) is 15.7. The van der Waals surface area contributed by atoms with Crippen LogP contribution in [0.25, 0.3) is 11.3 Å². The molecule has 3 aromatic rings. The van der Waals surface area contributed by atoms with Gasteiger partial charge in [-0.25, -0.2) is 8.42 Å².